The van der Waals surface area contributed by atoms with E-state index in [1.807, 2.05) is 23.1 Å². The van der Waals surface area contributed by atoms with Crippen LogP contribution in [0.4, 0.5) is 4.39 Å². The Morgan fingerprint density at radius 3 is 2.68 bits per heavy atom. The van der Waals surface area contributed by atoms with Gasteiger partial charge in [0, 0.05) is 44.2 Å². The third-order valence-electron chi connectivity index (χ3n) is 5.83. The van der Waals surface area contributed by atoms with Gasteiger partial charge in [-0.2, -0.15) is 0 Å². The minimum atomic E-state index is -0.213. The average molecular weight is 385 g/mol. The smallest absolute Gasteiger partial charge is 0.276 e. The number of carbonyl (C=O) groups is 1. The molecular formula is C22H28FN3O2. The van der Waals surface area contributed by atoms with E-state index >= 15 is 0 Å². The lowest BCUT2D eigenvalue weighted by Crippen LogP contribution is -2.45. The first-order valence-electron chi connectivity index (χ1n) is 10.3. The normalized spacial score (nSPS) is 21.1. The minimum absolute atomic E-state index is 0.0371. The second kappa shape index (κ2) is 8.03. The van der Waals surface area contributed by atoms with E-state index in [1.165, 1.54) is 12.1 Å². The van der Waals surface area contributed by atoms with Gasteiger partial charge in [0.05, 0.1) is 0 Å². The molecule has 2 heterocycles. The van der Waals surface area contributed by atoms with Crippen LogP contribution < -0.4 is 0 Å². The van der Waals surface area contributed by atoms with Crippen LogP contribution in [0.15, 0.2) is 34.9 Å². The molecule has 1 aromatic heterocycles. The highest BCUT2D eigenvalue weighted by Gasteiger charge is 2.33. The molecule has 0 unspecified atom stereocenters. The predicted octanol–water partition coefficient (Wildman–Crippen LogP) is 4.06. The summed E-state index contributed by atoms with van der Waals surface area (Å²) in [5.41, 5.74) is 1.52. The summed E-state index contributed by atoms with van der Waals surface area (Å²) >= 11 is 0. The summed E-state index contributed by atoms with van der Waals surface area (Å²) in [5.74, 6) is 1.44. The minimum Gasteiger partial charge on any atom is -0.360 e. The molecule has 1 saturated carbocycles. The second-order valence-corrected chi connectivity index (χ2v) is 8.40. The molecule has 1 saturated heterocycles. The Morgan fingerprint density at radius 1 is 1.25 bits per heavy atom. The molecule has 4 rings (SSSR count). The summed E-state index contributed by atoms with van der Waals surface area (Å²) < 4.78 is 18.6. The zero-order valence-corrected chi connectivity index (χ0v) is 16.6. The summed E-state index contributed by atoms with van der Waals surface area (Å²) in [6.07, 6.45) is 3.16. The molecule has 2 aliphatic rings. The van der Waals surface area contributed by atoms with Crippen molar-refractivity contribution in [3.05, 3.63) is 53.2 Å². The molecule has 0 bridgehead atoms. The van der Waals surface area contributed by atoms with Crippen LogP contribution >= 0.6 is 0 Å². The SMILES string of the molecule is CC(C)[C@H]1CN(C(=O)c2cc(C3CC3)on2)CCCN1Cc1ccc(F)cc1. The summed E-state index contributed by atoms with van der Waals surface area (Å²) in [7, 11) is 0. The third kappa shape index (κ3) is 4.27. The Hall–Kier alpha value is -2.21. The van der Waals surface area contributed by atoms with Crippen molar-refractivity contribution >= 4 is 5.91 Å². The standard InChI is InChI=1S/C22H28FN3O2/c1-15(2)20-14-26(22(27)19-12-21(28-24-19)17-6-7-17)11-3-10-25(20)13-16-4-8-18(23)9-5-16/h4-5,8-9,12,15,17,20H,3,6-7,10-11,13-14H2,1-2H3/t20-/m1/s1. The highest BCUT2D eigenvalue weighted by Crippen LogP contribution is 2.40. The number of hydrogen-bond donors (Lipinski definition) is 0. The zero-order valence-electron chi connectivity index (χ0n) is 16.6. The van der Waals surface area contributed by atoms with Crippen LogP contribution in [0.5, 0.6) is 0 Å². The van der Waals surface area contributed by atoms with Gasteiger partial charge in [0.2, 0.25) is 0 Å². The first-order valence-corrected chi connectivity index (χ1v) is 10.3. The Balaban J connectivity index is 1.47. The Kier molecular flexibility index (Phi) is 5.49. The van der Waals surface area contributed by atoms with E-state index < -0.39 is 0 Å². The number of carbonyl (C=O) groups excluding carboxylic acids is 1. The molecule has 28 heavy (non-hydrogen) atoms. The fourth-order valence-corrected chi connectivity index (χ4v) is 4.01. The van der Waals surface area contributed by atoms with Gasteiger partial charge in [0.1, 0.15) is 11.6 Å². The molecule has 0 spiro atoms. The maximum Gasteiger partial charge on any atom is 0.276 e. The number of halogens is 1. The molecule has 2 fully saturated rings. The predicted molar refractivity (Wildman–Crippen MR) is 104 cm³/mol. The van der Waals surface area contributed by atoms with E-state index in [2.05, 4.69) is 23.9 Å². The second-order valence-electron chi connectivity index (χ2n) is 8.40. The maximum absolute atomic E-state index is 13.2. The molecule has 0 radical (unpaired) electrons. The number of rotatable bonds is 5. The number of benzene rings is 1. The lowest BCUT2D eigenvalue weighted by atomic mass is 10.0. The van der Waals surface area contributed by atoms with Gasteiger partial charge >= 0.3 is 0 Å². The highest BCUT2D eigenvalue weighted by molar-refractivity contribution is 5.92. The summed E-state index contributed by atoms with van der Waals surface area (Å²) in [6.45, 7) is 7.45. The van der Waals surface area contributed by atoms with Crippen LogP contribution in [0, 0.1) is 11.7 Å². The highest BCUT2D eigenvalue weighted by atomic mass is 19.1. The monoisotopic (exact) mass is 385 g/mol. The number of hydrogen-bond acceptors (Lipinski definition) is 4. The van der Waals surface area contributed by atoms with Crippen molar-refractivity contribution in [3.63, 3.8) is 0 Å². The molecule has 1 aromatic carbocycles. The molecule has 1 aliphatic carbocycles. The summed E-state index contributed by atoms with van der Waals surface area (Å²) in [4.78, 5) is 17.4. The van der Waals surface area contributed by atoms with Crippen LogP contribution in [-0.4, -0.2) is 46.5 Å². The van der Waals surface area contributed by atoms with Gasteiger partial charge in [-0.25, -0.2) is 4.39 Å². The zero-order chi connectivity index (χ0) is 19.7. The fraction of sp³-hybridized carbons (Fsp3) is 0.545. The van der Waals surface area contributed by atoms with E-state index in [9.17, 15) is 9.18 Å². The molecule has 150 valence electrons. The van der Waals surface area contributed by atoms with Gasteiger partial charge < -0.3 is 9.42 Å². The van der Waals surface area contributed by atoms with Gasteiger partial charge in [-0.15, -0.1) is 0 Å². The molecule has 1 atom stereocenters. The van der Waals surface area contributed by atoms with Gasteiger partial charge in [-0.05, 0) is 42.9 Å². The third-order valence-corrected chi connectivity index (χ3v) is 5.83. The Labute approximate surface area is 165 Å². The van der Waals surface area contributed by atoms with Crippen LogP contribution in [0.2, 0.25) is 0 Å². The molecule has 1 aliphatic heterocycles. The van der Waals surface area contributed by atoms with Crippen molar-refractivity contribution < 1.29 is 13.7 Å². The lowest BCUT2D eigenvalue weighted by molar-refractivity contribution is 0.0692. The average Bonchev–Trinajstić information content (AvgIpc) is 3.45. The van der Waals surface area contributed by atoms with Crippen LogP contribution in [0.1, 0.15) is 60.8 Å². The van der Waals surface area contributed by atoms with E-state index in [1.54, 1.807) is 0 Å². The topological polar surface area (TPSA) is 49.6 Å². The molecule has 1 amide bonds. The van der Waals surface area contributed by atoms with E-state index in [0.29, 0.717) is 30.6 Å². The molecular weight excluding hydrogens is 357 g/mol. The first-order chi connectivity index (χ1) is 13.5. The van der Waals surface area contributed by atoms with Crippen LogP contribution in [-0.2, 0) is 6.54 Å². The van der Waals surface area contributed by atoms with Crippen molar-refractivity contribution in [2.24, 2.45) is 5.92 Å². The van der Waals surface area contributed by atoms with E-state index in [0.717, 1.165) is 43.7 Å². The van der Waals surface area contributed by atoms with Gasteiger partial charge in [-0.3, -0.25) is 9.69 Å². The molecule has 6 heteroatoms. The van der Waals surface area contributed by atoms with Gasteiger partial charge in [0.25, 0.3) is 5.91 Å². The van der Waals surface area contributed by atoms with E-state index in [4.69, 9.17) is 4.52 Å². The van der Waals surface area contributed by atoms with Crippen molar-refractivity contribution in [3.8, 4) is 0 Å². The van der Waals surface area contributed by atoms with E-state index in [-0.39, 0.29) is 17.8 Å². The lowest BCUT2D eigenvalue weighted by Gasteiger charge is -2.34. The van der Waals surface area contributed by atoms with Crippen molar-refractivity contribution in [2.45, 2.75) is 51.6 Å². The largest absolute Gasteiger partial charge is 0.360 e. The van der Waals surface area contributed by atoms with Gasteiger partial charge in [-0.1, -0.05) is 31.1 Å². The maximum atomic E-state index is 13.2. The van der Waals surface area contributed by atoms with Crippen LogP contribution in [0.3, 0.4) is 0 Å². The number of amides is 1. The van der Waals surface area contributed by atoms with Crippen molar-refractivity contribution in [1.29, 1.82) is 0 Å². The quantitative estimate of drug-likeness (QED) is 0.779. The molecule has 0 N–H and O–H groups in total. The Morgan fingerprint density at radius 2 is 2.00 bits per heavy atom. The summed E-state index contributed by atoms with van der Waals surface area (Å²) in [5, 5.41) is 4.03. The number of aromatic nitrogens is 1. The Bertz CT molecular complexity index is 813. The van der Waals surface area contributed by atoms with Crippen molar-refractivity contribution in [1.82, 2.24) is 15.0 Å². The first kappa shape index (κ1) is 19.1. The van der Waals surface area contributed by atoms with Gasteiger partial charge in [0.15, 0.2) is 5.69 Å². The van der Waals surface area contributed by atoms with Crippen molar-refractivity contribution in [2.75, 3.05) is 19.6 Å². The molecule has 2 aromatic rings. The number of nitrogens with zero attached hydrogens (tertiary/aromatic N) is 3. The van der Waals surface area contributed by atoms with Crippen LogP contribution in [0.25, 0.3) is 0 Å². The molecule has 5 nitrogen and oxygen atoms in total. The summed E-state index contributed by atoms with van der Waals surface area (Å²) in [6, 6.07) is 8.77. The fourth-order valence-electron chi connectivity index (χ4n) is 4.01.